The zero-order chi connectivity index (χ0) is 29.2. The van der Waals surface area contributed by atoms with Gasteiger partial charge < -0.3 is 19.3 Å². The van der Waals surface area contributed by atoms with Crippen molar-refractivity contribution in [2.45, 2.75) is 45.4 Å². The highest BCUT2D eigenvalue weighted by Gasteiger charge is 2.36. The summed E-state index contributed by atoms with van der Waals surface area (Å²) in [5.74, 6) is -1.56. The monoisotopic (exact) mass is 575 g/mol. The summed E-state index contributed by atoms with van der Waals surface area (Å²) in [7, 11) is 2.99. The molecule has 40 heavy (non-hydrogen) atoms. The Labute approximate surface area is 232 Å². The molecule has 0 saturated carbocycles. The summed E-state index contributed by atoms with van der Waals surface area (Å²) in [6.07, 6.45) is 2.57. The lowest BCUT2D eigenvalue weighted by Gasteiger charge is -2.26. The number of benzene rings is 1. The number of halogens is 1. The summed E-state index contributed by atoms with van der Waals surface area (Å²) >= 11 is 1.11. The fourth-order valence-electron chi connectivity index (χ4n) is 4.39. The molecule has 0 fully saturated rings. The average molecular weight is 576 g/mol. The van der Waals surface area contributed by atoms with Crippen molar-refractivity contribution in [2.24, 2.45) is 0 Å². The van der Waals surface area contributed by atoms with Crippen LogP contribution in [0.1, 0.15) is 37.5 Å². The number of methoxy groups -OCH3 is 2. The number of rotatable bonds is 12. The highest BCUT2D eigenvalue weighted by Crippen LogP contribution is 2.34. The molecule has 3 aromatic heterocycles. The van der Waals surface area contributed by atoms with E-state index in [0.717, 1.165) is 15.9 Å². The molecule has 4 aromatic rings. The largest absolute Gasteiger partial charge is 0.496 e. The molecule has 214 valence electrons. The fraction of sp³-hybridized carbons (Fsp3) is 0.423. The number of carbonyl (C=O) groups is 1. The number of carboxylic acids is 1. The van der Waals surface area contributed by atoms with Crippen LogP contribution in [-0.4, -0.2) is 62.6 Å². The van der Waals surface area contributed by atoms with Crippen LogP contribution in [0.5, 0.6) is 5.75 Å². The van der Waals surface area contributed by atoms with Crippen molar-refractivity contribution in [3.63, 3.8) is 0 Å². The average Bonchev–Trinajstić information content (AvgIpc) is 3.55. The first-order valence-corrected chi connectivity index (χ1v) is 13.2. The van der Waals surface area contributed by atoms with Crippen LogP contribution in [0.4, 0.5) is 4.39 Å². The summed E-state index contributed by atoms with van der Waals surface area (Å²) in [5, 5.41) is 18.9. The van der Waals surface area contributed by atoms with Crippen LogP contribution in [0.2, 0.25) is 0 Å². The maximum absolute atomic E-state index is 14.4. The Bertz CT molecular complexity index is 1640. The van der Waals surface area contributed by atoms with E-state index in [1.54, 1.807) is 14.0 Å². The van der Waals surface area contributed by atoms with E-state index in [-0.39, 0.29) is 23.4 Å². The normalized spacial score (nSPS) is 12.7. The van der Waals surface area contributed by atoms with Gasteiger partial charge in [0.1, 0.15) is 33.0 Å². The van der Waals surface area contributed by atoms with Gasteiger partial charge in [-0.3, -0.25) is 9.36 Å². The number of thiophene rings is 1. The Morgan fingerprint density at radius 1 is 1.18 bits per heavy atom. The smallest absolute Gasteiger partial charge is 0.333 e. The van der Waals surface area contributed by atoms with E-state index in [1.165, 1.54) is 60.9 Å². The Morgan fingerprint density at radius 2 is 1.88 bits per heavy atom. The first-order valence-electron chi connectivity index (χ1n) is 12.4. The van der Waals surface area contributed by atoms with E-state index in [9.17, 15) is 23.9 Å². The summed E-state index contributed by atoms with van der Waals surface area (Å²) < 4.78 is 33.1. The number of aromatic nitrogens is 5. The van der Waals surface area contributed by atoms with Gasteiger partial charge in [0, 0.05) is 31.5 Å². The predicted molar refractivity (Wildman–Crippen MR) is 145 cm³/mol. The highest BCUT2D eigenvalue weighted by molar-refractivity contribution is 7.21. The van der Waals surface area contributed by atoms with Crippen molar-refractivity contribution in [1.82, 2.24) is 24.1 Å². The molecule has 0 unspecified atom stereocenters. The Balaban J connectivity index is 2.00. The lowest BCUT2D eigenvalue weighted by Crippen LogP contribution is -2.52. The molecule has 1 aromatic carbocycles. The number of hydrogen-bond acceptors (Lipinski definition) is 9. The number of carboxylic acid groups (broad SMARTS) is 1. The minimum atomic E-state index is -1.88. The van der Waals surface area contributed by atoms with Gasteiger partial charge in [0.25, 0.3) is 5.56 Å². The maximum atomic E-state index is 14.4. The third kappa shape index (κ3) is 5.29. The molecular weight excluding hydrogens is 545 g/mol. The van der Waals surface area contributed by atoms with Gasteiger partial charge in [-0.2, -0.15) is 10.2 Å². The van der Waals surface area contributed by atoms with Crippen LogP contribution >= 0.6 is 11.3 Å². The zero-order valence-electron chi connectivity index (χ0n) is 22.7. The van der Waals surface area contributed by atoms with E-state index in [0.29, 0.717) is 34.9 Å². The van der Waals surface area contributed by atoms with Gasteiger partial charge in [0.15, 0.2) is 0 Å². The lowest BCUT2D eigenvalue weighted by atomic mass is 10.1. The Morgan fingerprint density at radius 3 is 2.50 bits per heavy atom. The quantitative estimate of drug-likeness (QED) is 0.253. The molecule has 4 rings (SSSR count). The first-order chi connectivity index (χ1) is 19.0. The third-order valence-electron chi connectivity index (χ3n) is 6.57. The van der Waals surface area contributed by atoms with Crippen molar-refractivity contribution in [3.05, 3.63) is 68.4 Å². The van der Waals surface area contributed by atoms with Gasteiger partial charge in [0.05, 0.1) is 31.4 Å². The van der Waals surface area contributed by atoms with E-state index < -0.39 is 34.7 Å². The molecule has 0 saturated heterocycles. The van der Waals surface area contributed by atoms with Gasteiger partial charge in [0.2, 0.25) is 0 Å². The second-order valence-electron chi connectivity index (χ2n) is 9.52. The fourth-order valence-corrected chi connectivity index (χ4v) is 5.61. The van der Waals surface area contributed by atoms with Crippen molar-refractivity contribution in [2.75, 3.05) is 27.4 Å². The molecule has 0 aliphatic rings. The van der Waals surface area contributed by atoms with E-state index in [2.05, 4.69) is 10.2 Å². The van der Waals surface area contributed by atoms with Crippen molar-refractivity contribution in [3.8, 4) is 10.8 Å². The number of nitrogens with zero attached hydrogens (tertiary/aromatic N) is 5. The van der Waals surface area contributed by atoms with Crippen LogP contribution < -0.4 is 16.0 Å². The summed E-state index contributed by atoms with van der Waals surface area (Å²) in [6, 6.07) is 3.97. The zero-order valence-corrected chi connectivity index (χ0v) is 23.5. The number of fused-ring (bicyclic) bond motifs is 1. The van der Waals surface area contributed by atoms with Gasteiger partial charge >= 0.3 is 11.7 Å². The van der Waals surface area contributed by atoms with Crippen molar-refractivity contribution < 1.29 is 28.5 Å². The molecular formula is C26H30FN5O7S. The molecule has 0 aliphatic heterocycles. The summed E-state index contributed by atoms with van der Waals surface area (Å²) in [5.41, 5.74) is -2.67. The summed E-state index contributed by atoms with van der Waals surface area (Å²) in [6.45, 7) is 4.69. The third-order valence-corrected chi connectivity index (χ3v) is 7.85. The molecule has 12 nitrogen and oxygen atoms in total. The number of aliphatic carboxylic acids is 1. The molecule has 0 amide bonds. The van der Waals surface area contributed by atoms with Gasteiger partial charge in [-0.05, 0) is 45.4 Å². The molecule has 0 aliphatic carbocycles. The number of ether oxygens (including phenoxy) is 3. The van der Waals surface area contributed by atoms with Gasteiger partial charge in [-0.15, -0.1) is 4.80 Å². The molecule has 1 atom stereocenters. The van der Waals surface area contributed by atoms with Crippen LogP contribution in [0.3, 0.4) is 0 Å². The molecule has 3 heterocycles. The second kappa shape index (κ2) is 11.7. The van der Waals surface area contributed by atoms with E-state index in [1.807, 2.05) is 0 Å². The molecule has 0 bridgehead atoms. The Hall–Kier alpha value is -3.88. The van der Waals surface area contributed by atoms with Crippen LogP contribution in [0.25, 0.3) is 15.2 Å². The minimum Gasteiger partial charge on any atom is -0.496 e. The van der Waals surface area contributed by atoms with Crippen molar-refractivity contribution in [1.29, 1.82) is 0 Å². The summed E-state index contributed by atoms with van der Waals surface area (Å²) in [4.78, 5) is 41.5. The molecule has 0 radical (unpaired) electrons. The highest BCUT2D eigenvalue weighted by atomic mass is 32.1. The minimum absolute atomic E-state index is 0.149. The maximum Gasteiger partial charge on any atom is 0.333 e. The predicted octanol–water partition coefficient (Wildman–Crippen LogP) is 2.88. The van der Waals surface area contributed by atoms with Gasteiger partial charge in [-0.25, -0.2) is 18.5 Å². The topological polar surface area (TPSA) is 140 Å². The molecule has 0 spiro atoms. The lowest BCUT2D eigenvalue weighted by molar-refractivity contribution is -0.146. The molecule has 14 heteroatoms. The first kappa shape index (κ1) is 29.1. The molecule has 1 N–H and O–H groups in total. The number of aryl methyl sites for hydroxylation is 1. The standard InChI is InChI=1S/C26H30FN5O7S/c1-15-20-21(33)31(26(2,3)24(34)35)25(36)30(23(20)40-22(15)32-28-9-10-29-32)14-19(39-12-6-11-37-4)17-13-16(27)7-8-18(17)38-5/h7-10,13,19H,6,11-12,14H2,1-5H3,(H,34,35)/t19-/m0/s1. The van der Waals surface area contributed by atoms with E-state index >= 15 is 0 Å². The van der Waals surface area contributed by atoms with Crippen LogP contribution in [-0.2, 0) is 26.4 Å². The Kier molecular flexibility index (Phi) is 8.51. The van der Waals surface area contributed by atoms with Crippen molar-refractivity contribution >= 4 is 27.5 Å². The van der Waals surface area contributed by atoms with E-state index in [4.69, 9.17) is 14.2 Å². The van der Waals surface area contributed by atoms with Gasteiger partial charge in [-0.1, -0.05) is 11.3 Å². The SMILES string of the molecule is COCCCO[C@@H](Cn1c(=O)n(C(C)(C)C(=O)O)c(=O)c2c(C)c(-n3nccn3)sc21)c1cc(F)ccc1OC. The second-order valence-corrected chi connectivity index (χ2v) is 10.5. The number of hydrogen-bond donors (Lipinski definition) is 1. The van der Waals surface area contributed by atoms with Crippen LogP contribution in [0.15, 0.2) is 40.2 Å². The van der Waals surface area contributed by atoms with Crippen LogP contribution in [0, 0.1) is 12.7 Å².